The van der Waals surface area contributed by atoms with E-state index >= 15 is 0 Å². The van der Waals surface area contributed by atoms with Gasteiger partial charge in [0.15, 0.2) is 5.96 Å². The second kappa shape index (κ2) is 8.57. The minimum Gasteiger partial charge on any atom is -0.356 e. The molecule has 2 rings (SSSR count). The normalized spacial score (nSPS) is 11.6. The summed E-state index contributed by atoms with van der Waals surface area (Å²) in [5.74, 6) is -0.187. The summed E-state index contributed by atoms with van der Waals surface area (Å²) in [5, 5.41) is 7.34. The standard InChI is InChI=1S/C16H20F2N4S/c1-11-10-22-15(23-11)6-8-21-16(19-2)20-7-5-12-9-13(17)3-4-14(12)18/h3-4,9-10H,5-8H2,1-2H3,(H2,19,20,21). The smallest absolute Gasteiger partial charge is 0.191 e. The highest BCUT2D eigenvalue weighted by Gasteiger charge is 2.05. The molecule has 7 heteroatoms. The van der Waals surface area contributed by atoms with Gasteiger partial charge < -0.3 is 10.6 Å². The highest BCUT2D eigenvalue weighted by molar-refractivity contribution is 7.11. The van der Waals surface area contributed by atoms with Crippen LogP contribution in [-0.2, 0) is 12.8 Å². The van der Waals surface area contributed by atoms with Gasteiger partial charge in [0, 0.05) is 37.6 Å². The molecule has 0 aliphatic heterocycles. The lowest BCUT2D eigenvalue weighted by molar-refractivity contribution is 0.583. The van der Waals surface area contributed by atoms with Gasteiger partial charge in [0.1, 0.15) is 11.6 Å². The number of aliphatic imine (C=N–C) groups is 1. The van der Waals surface area contributed by atoms with E-state index in [2.05, 4.69) is 20.6 Å². The van der Waals surface area contributed by atoms with Crippen molar-refractivity contribution in [1.29, 1.82) is 0 Å². The molecule has 2 aromatic rings. The average Bonchev–Trinajstić information content (AvgIpc) is 2.94. The lowest BCUT2D eigenvalue weighted by Gasteiger charge is -2.11. The Labute approximate surface area is 138 Å². The van der Waals surface area contributed by atoms with Crippen LogP contribution in [0.15, 0.2) is 29.4 Å². The summed E-state index contributed by atoms with van der Waals surface area (Å²) in [6.07, 6.45) is 3.06. The predicted molar refractivity (Wildman–Crippen MR) is 90.0 cm³/mol. The largest absolute Gasteiger partial charge is 0.356 e. The molecule has 0 aliphatic carbocycles. The van der Waals surface area contributed by atoms with E-state index < -0.39 is 11.6 Å². The Morgan fingerprint density at radius 2 is 1.96 bits per heavy atom. The highest BCUT2D eigenvalue weighted by Crippen LogP contribution is 2.11. The molecular weight excluding hydrogens is 318 g/mol. The fraction of sp³-hybridized carbons (Fsp3) is 0.375. The Morgan fingerprint density at radius 1 is 1.22 bits per heavy atom. The van der Waals surface area contributed by atoms with Crippen LogP contribution in [0.25, 0.3) is 0 Å². The highest BCUT2D eigenvalue weighted by atomic mass is 32.1. The quantitative estimate of drug-likeness (QED) is 0.629. The van der Waals surface area contributed by atoms with Crippen molar-refractivity contribution >= 4 is 17.3 Å². The zero-order chi connectivity index (χ0) is 16.7. The van der Waals surface area contributed by atoms with Gasteiger partial charge in [-0.3, -0.25) is 4.99 Å². The van der Waals surface area contributed by atoms with Gasteiger partial charge in [-0.1, -0.05) is 0 Å². The fourth-order valence-electron chi connectivity index (χ4n) is 2.08. The summed E-state index contributed by atoms with van der Waals surface area (Å²) in [5.41, 5.74) is 0.353. The predicted octanol–water partition coefficient (Wildman–Crippen LogP) is 2.68. The van der Waals surface area contributed by atoms with E-state index in [-0.39, 0.29) is 0 Å². The Hall–Kier alpha value is -2.02. The molecule has 0 atom stereocenters. The van der Waals surface area contributed by atoms with Crippen LogP contribution in [0.3, 0.4) is 0 Å². The molecule has 0 amide bonds. The lowest BCUT2D eigenvalue weighted by atomic mass is 10.1. The summed E-state index contributed by atoms with van der Waals surface area (Å²) in [7, 11) is 1.67. The van der Waals surface area contributed by atoms with Crippen molar-refractivity contribution in [2.24, 2.45) is 4.99 Å². The fourth-order valence-corrected chi connectivity index (χ4v) is 2.86. The molecular formula is C16H20F2N4S. The minimum absolute atomic E-state index is 0.353. The van der Waals surface area contributed by atoms with Crippen LogP contribution in [0, 0.1) is 18.6 Å². The molecule has 2 N–H and O–H groups in total. The van der Waals surface area contributed by atoms with Crippen molar-refractivity contribution in [3.8, 4) is 0 Å². The van der Waals surface area contributed by atoms with E-state index in [1.807, 2.05) is 13.1 Å². The maximum Gasteiger partial charge on any atom is 0.191 e. The number of guanidine groups is 1. The number of rotatable bonds is 6. The molecule has 1 aromatic carbocycles. The number of hydrogen-bond donors (Lipinski definition) is 2. The molecule has 4 nitrogen and oxygen atoms in total. The van der Waals surface area contributed by atoms with Crippen LogP contribution in [-0.4, -0.2) is 31.1 Å². The van der Waals surface area contributed by atoms with Gasteiger partial charge in [-0.15, -0.1) is 11.3 Å². The van der Waals surface area contributed by atoms with Crippen LogP contribution in [0.4, 0.5) is 8.78 Å². The molecule has 0 bridgehead atoms. The Balaban J connectivity index is 1.73. The van der Waals surface area contributed by atoms with Gasteiger partial charge in [-0.05, 0) is 37.1 Å². The second-order valence-corrected chi connectivity index (χ2v) is 6.35. The molecule has 1 aromatic heterocycles. The molecule has 0 unspecified atom stereocenters. The van der Waals surface area contributed by atoms with Gasteiger partial charge in [-0.25, -0.2) is 13.8 Å². The second-order valence-electron chi connectivity index (χ2n) is 5.03. The van der Waals surface area contributed by atoms with Crippen LogP contribution in [0.2, 0.25) is 0 Å². The number of thiazole rings is 1. The molecule has 124 valence electrons. The Morgan fingerprint density at radius 3 is 2.61 bits per heavy atom. The van der Waals surface area contributed by atoms with Crippen LogP contribution >= 0.6 is 11.3 Å². The molecule has 23 heavy (non-hydrogen) atoms. The van der Waals surface area contributed by atoms with Gasteiger partial charge >= 0.3 is 0 Å². The van der Waals surface area contributed by atoms with E-state index in [9.17, 15) is 8.78 Å². The zero-order valence-corrected chi connectivity index (χ0v) is 14.0. The minimum atomic E-state index is -0.428. The number of hydrogen-bond acceptors (Lipinski definition) is 3. The van der Waals surface area contributed by atoms with Crippen molar-refractivity contribution in [3.05, 3.63) is 51.5 Å². The number of aromatic nitrogens is 1. The van der Waals surface area contributed by atoms with E-state index in [4.69, 9.17) is 0 Å². The van der Waals surface area contributed by atoms with Crippen molar-refractivity contribution in [1.82, 2.24) is 15.6 Å². The number of benzene rings is 1. The molecule has 0 spiro atoms. The number of halogens is 2. The molecule has 0 fully saturated rings. The SMILES string of the molecule is CN=C(NCCc1ncc(C)s1)NCCc1cc(F)ccc1F. The molecule has 0 saturated carbocycles. The van der Waals surface area contributed by atoms with Crippen LogP contribution < -0.4 is 10.6 Å². The summed E-state index contributed by atoms with van der Waals surface area (Å²) in [4.78, 5) is 9.60. The third-order valence-corrected chi connectivity index (χ3v) is 4.19. The molecule has 1 heterocycles. The van der Waals surface area contributed by atoms with Crippen LogP contribution in [0.5, 0.6) is 0 Å². The maximum atomic E-state index is 13.5. The third-order valence-electron chi connectivity index (χ3n) is 3.22. The maximum absolute atomic E-state index is 13.5. The van der Waals surface area contributed by atoms with Gasteiger partial charge in [0.25, 0.3) is 0 Å². The van der Waals surface area contributed by atoms with Crippen LogP contribution in [0.1, 0.15) is 15.4 Å². The zero-order valence-electron chi connectivity index (χ0n) is 13.2. The van der Waals surface area contributed by atoms with E-state index in [1.165, 1.54) is 10.9 Å². The third kappa shape index (κ3) is 5.59. The molecule has 0 aliphatic rings. The monoisotopic (exact) mass is 338 g/mol. The first-order valence-corrected chi connectivity index (χ1v) is 8.20. The van der Waals surface area contributed by atoms with Gasteiger partial charge in [0.2, 0.25) is 0 Å². The lowest BCUT2D eigenvalue weighted by Crippen LogP contribution is -2.39. The van der Waals surface area contributed by atoms with Crippen molar-refractivity contribution < 1.29 is 8.78 Å². The topological polar surface area (TPSA) is 49.3 Å². The summed E-state index contributed by atoms with van der Waals surface area (Å²) < 4.78 is 26.6. The first kappa shape index (κ1) is 17.3. The number of aryl methyl sites for hydroxylation is 1. The first-order valence-electron chi connectivity index (χ1n) is 7.38. The number of nitrogens with zero attached hydrogens (tertiary/aromatic N) is 2. The van der Waals surface area contributed by atoms with E-state index in [0.29, 0.717) is 31.0 Å². The van der Waals surface area contributed by atoms with Crippen molar-refractivity contribution in [2.45, 2.75) is 19.8 Å². The van der Waals surface area contributed by atoms with E-state index in [0.717, 1.165) is 23.6 Å². The van der Waals surface area contributed by atoms with Crippen molar-refractivity contribution in [3.63, 3.8) is 0 Å². The van der Waals surface area contributed by atoms with Gasteiger partial charge in [-0.2, -0.15) is 0 Å². The summed E-state index contributed by atoms with van der Waals surface area (Å²) in [6.45, 7) is 3.21. The first-order chi connectivity index (χ1) is 11.1. The average molecular weight is 338 g/mol. The Bertz CT molecular complexity index is 670. The Kier molecular flexibility index (Phi) is 6.46. The summed E-state index contributed by atoms with van der Waals surface area (Å²) in [6, 6.07) is 3.48. The molecule has 0 radical (unpaired) electrons. The van der Waals surface area contributed by atoms with Crippen molar-refractivity contribution in [2.75, 3.05) is 20.1 Å². The van der Waals surface area contributed by atoms with Gasteiger partial charge in [0.05, 0.1) is 5.01 Å². The number of nitrogens with one attached hydrogen (secondary N) is 2. The summed E-state index contributed by atoms with van der Waals surface area (Å²) >= 11 is 1.68. The van der Waals surface area contributed by atoms with E-state index in [1.54, 1.807) is 18.4 Å². The molecule has 0 saturated heterocycles.